The van der Waals surface area contributed by atoms with E-state index in [1.54, 1.807) is 0 Å². The molecule has 0 amide bonds. The Balaban J connectivity index is 1.96. The van der Waals surface area contributed by atoms with Crippen LogP contribution in [0.3, 0.4) is 0 Å². The van der Waals surface area contributed by atoms with E-state index in [-0.39, 0.29) is 0 Å². The highest BCUT2D eigenvalue weighted by atomic mass is 15.1. The van der Waals surface area contributed by atoms with Gasteiger partial charge in [0.05, 0.1) is 5.54 Å². The van der Waals surface area contributed by atoms with Crippen LogP contribution >= 0.6 is 0 Å². The predicted octanol–water partition coefficient (Wildman–Crippen LogP) is -0.512. The number of nitrogens with one attached hydrogen (secondary N) is 2. The van der Waals surface area contributed by atoms with Crippen molar-refractivity contribution in [3.8, 4) is 0 Å². The fourth-order valence-electron chi connectivity index (χ4n) is 1.08. The number of piperazine rings is 1. The molecule has 0 saturated carbocycles. The van der Waals surface area contributed by atoms with E-state index < -0.39 is 0 Å². The summed E-state index contributed by atoms with van der Waals surface area (Å²) in [6.45, 7) is 3.31. The predicted molar refractivity (Wildman–Crippen MR) is 32.7 cm³/mol. The highest BCUT2D eigenvalue weighted by Crippen LogP contribution is 2.22. The van der Waals surface area contributed by atoms with Crippen molar-refractivity contribution in [2.24, 2.45) is 0 Å². The molecule has 1 heterocycles. The molecule has 0 bridgehead atoms. The zero-order valence-electron chi connectivity index (χ0n) is 4.78. The lowest BCUT2D eigenvalue weighted by atomic mass is 10.2. The normalized spacial score (nSPS) is 31.0. The molecule has 2 rings (SSSR count). The average Bonchev–Trinajstić information content (AvgIpc) is 2.52. The van der Waals surface area contributed by atoms with Crippen LogP contribution in [0.2, 0.25) is 0 Å². The molecule has 0 aromatic carbocycles. The van der Waals surface area contributed by atoms with Crippen LogP contribution in [0.25, 0.3) is 0 Å². The summed E-state index contributed by atoms with van der Waals surface area (Å²) in [5.74, 6) is 0. The van der Waals surface area contributed by atoms with E-state index >= 15 is 0 Å². The van der Waals surface area contributed by atoms with Crippen molar-refractivity contribution < 1.29 is 0 Å². The summed E-state index contributed by atoms with van der Waals surface area (Å²) in [6.07, 6.45) is 4.42. The molecule has 2 aliphatic rings. The van der Waals surface area contributed by atoms with Crippen molar-refractivity contribution in [3.05, 3.63) is 12.2 Å². The first kappa shape index (κ1) is 4.53. The van der Waals surface area contributed by atoms with E-state index in [9.17, 15) is 0 Å². The Hall–Kier alpha value is -0.340. The van der Waals surface area contributed by atoms with Gasteiger partial charge in [-0.3, -0.25) is 0 Å². The Morgan fingerprint density at radius 1 is 1.25 bits per heavy atom. The van der Waals surface area contributed by atoms with Gasteiger partial charge in [-0.25, -0.2) is 0 Å². The summed E-state index contributed by atoms with van der Waals surface area (Å²) in [5.41, 5.74) is 0.318. The minimum atomic E-state index is 0.318. The zero-order valence-corrected chi connectivity index (χ0v) is 4.78. The average molecular weight is 110 g/mol. The van der Waals surface area contributed by atoms with Crippen molar-refractivity contribution in [2.45, 2.75) is 5.54 Å². The molecule has 0 aromatic heterocycles. The number of rotatable bonds is 0. The van der Waals surface area contributed by atoms with Crippen LogP contribution in [0.4, 0.5) is 0 Å². The van der Waals surface area contributed by atoms with E-state index in [0.29, 0.717) is 5.54 Å². The molecule has 2 N–H and O–H groups in total. The van der Waals surface area contributed by atoms with Crippen LogP contribution in [0.15, 0.2) is 12.2 Å². The van der Waals surface area contributed by atoms with E-state index in [0.717, 1.165) is 19.6 Å². The molecule has 0 aromatic rings. The van der Waals surface area contributed by atoms with Crippen LogP contribution in [0, 0.1) is 0 Å². The Kier molecular flexibility index (Phi) is 0.754. The van der Waals surface area contributed by atoms with Gasteiger partial charge in [0.15, 0.2) is 0 Å². The van der Waals surface area contributed by atoms with Gasteiger partial charge in [-0.1, -0.05) is 12.2 Å². The smallest absolute Gasteiger partial charge is 0.0678 e. The fraction of sp³-hybridized carbons (Fsp3) is 0.667. The Morgan fingerprint density at radius 2 is 2.12 bits per heavy atom. The first-order valence-electron chi connectivity index (χ1n) is 3.07. The third-order valence-corrected chi connectivity index (χ3v) is 1.74. The molecule has 0 atom stereocenters. The van der Waals surface area contributed by atoms with Crippen LogP contribution in [-0.4, -0.2) is 25.2 Å². The molecule has 8 heavy (non-hydrogen) atoms. The molecular formula is C6H10N2. The van der Waals surface area contributed by atoms with E-state index in [2.05, 4.69) is 22.8 Å². The zero-order chi connectivity index (χ0) is 5.45. The summed E-state index contributed by atoms with van der Waals surface area (Å²) in [4.78, 5) is 0. The Bertz CT molecular complexity index is 114. The first-order chi connectivity index (χ1) is 3.91. The van der Waals surface area contributed by atoms with Crippen molar-refractivity contribution in [1.82, 2.24) is 10.6 Å². The molecule has 2 heteroatoms. The second-order valence-corrected chi connectivity index (χ2v) is 2.48. The standard InChI is InChI=1S/C6H10N2/c1-2-6(1)5-7-3-4-8-6/h1-2,7-8H,3-5H2. The summed E-state index contributed by atoms with van der Waals surface area (Å²) in [6, 6.07) is 0. The third-order valence-electron chi connectivity index (χ3n) is 1.74. The van der Waals surface area contributed by atoms with Gasteiger partial charge in [0, 0.05) is 19.6 Å². The minimum absolute atomic E-state index is 0.318. The highest BCUT2D eigenvalue weighted by molar-refractivity contribution is 5.35. The molecule has 2 nitrogen and oxygen atoms in total. The van der Waals surface area contributed by atoms with Gasteiger partial charge in [0.1, 0.15) is 0 Å². The van der Waals surface area contributed by atoms with Crippen LogP contribution in [0.5, 0.6) is 0 Å². The lowest BCUT2D eigenvalue weighted by Crippen LogP contribution is -2.51. The quantitative estimate of drug-likeness (QED) is 0.410. The molecular weight excluding hydrogens is 100 g/mol. The topological polar surface area (TPSA) is 24.1 Å². The van der Waals surface area contributed by atoms with Crippen molar-refractivity contribution in [3.63, 3.8) is 0 Å². The minimum Gasteiger partial charge on any atom is -0.313 e. The molecule has 0 radical (unpaired) electrons. The monoisotopic (exact) mass is 110 g/mol. The van der Waals surface area contributed by atoms with Crippen molar-refractivity contribution in [1.29, 1.82) is 0 Å². The molecule has 1 fully saturated rings. The second-order valence-electron chi connectivity index (χ2n) is 2.48. The van der Waals surface area contributed by atoms with Crippen LogP contribution in [-0.2, 0) is 0 Å². The van der Waals surface area contributed by atoms with Crippen molar-refractivity contribution >= 4 is 0 Å². The molecule has 1 spiro atoms. The maximum absolute atomic E-state index is 3.40. The van der Waals surface area contributed by atoms with Gasteiger partial charge in [-0.15, -0.1) is 0 Å². The molecule has 1 saturated heterocycles. The maximum atomic E-state index is 3.40. The summed E-state index contributed by atoms with van der Waals surface area (Å²) in [7, 11) is 0. The summed E-state index contributed by atoms with van der Waals surface area (Å²) < 4.78 is 0. The van der Waals surface area contributed by atoms with Gasteiger partial charge in [0.25, 0.3) is 0 Å². The first-order valence-corrected chi connectivity index (χ1v) is 3.07. The van der Waals surface area contributed by atoms with Gasteiger partial charge in [-0.2, -0.15) is 0 Å². The lowest BCUT2D eigenvalue weighted by Gasteiger charge is -2.23. The SMILES string of the molecule is C1=CC12CNCCN2. The van der Waals surface area contributed by atoms with Gasteiger partial charge in [-0.05, 0) is 0 Å². The van der Waals surface area contributed by atoms with Crippen LogP contribution < -0.4 is 10.6 Å². The van der Waals surface area contributed by atoms with E-state index in [1.807, 2.05) is 0 Å². The summed E-state index contributed by atoms with van der Waals surface area (Å²) >= 11 is 0. The highest BCUT2D eigenvalue weighted by Gasteiger charge is 2.34. The van der Waals surface area contributed by atoms with Gasteiger partial charge < -0.3 is 10.6 Å². The Morgan fingerprint density at radius 3 is 2.50 bits per heavy atom. The maximum Gasteiger partial charge on any atom is 0.0678 e. The fourth-order valence-corrected chi connectivity index (χ4v) is 1.08. The summed E-state index contributed by atoms with van der Waals surface area (Å²) in [5, 5.41) is 6.71. The third kappa shape index (κ3) is 0.572. The lowest BCUT2D eigenvalue weighted by molar-refractivity contribution is 0.432. The van der Waals surface area contributed by atoms with E-state index in [4.69, 9.17) is 0 Å². The second kappa shape index (κ2) is 1.33. The largest absolute Gasteiger partial charge is 0.313 e. The molecule has 1 aliphatic heterocycles. The van der Waals surface area contributed by atoms with Gasteiger partial charge >= 0.3 is 0 Å². The molecule has 1 aliphatic carbocycles. The van der Waals surface area contributed by atoms with Crippen LogP contribution in [0.1, 0.15) is 0 Å². The molecule has 44 valence electrons. The van der Waals surface area contributed by atoms with Gasteiger partial charge in [0.2, 0.25) is 0 Å². The Labute approximate surface area is 49.0 Å². The van der Waals surface area contributed by atoms with E-state index in [1.165, 1.54) is 0 Å². The number of hydrogen-bond acceptors (Lipinski definition) is 2. The molecule has 0 unspecified atom stereocenters. The van der Waals surface area contributed by atoms with Crippen molar-refractivity contribution in [2.75, 3.05) is 19.6 Å². The number of hydrogen-bond donors (Lipinski definition) is 2.